The smallest absolute Gasteiger partial charge is 0.243 e. The molecule has 2 aliphatic heterocycles. The number of hydrogen-bond donors (Lipinski definition) is 1. The summed E-state index contributed by atoms with van der Waals surface area (Å²) >= 11 is 0. The summed E-state index contributed by atoms with van der Waals surface area (Å²) in [6.07, 6.45) is 2.66. The molecule has 4 rings (SSSR count). The molecule has 0 aromatic heterocycles. The van der Waals surface area contributed by atoms with Crippen molar-refractivity contribution >= 4 is 17.7 Å². The highest BCUT2D eigenvalue weighted by Crippen LogP contribution is 2.28. The molecule has 2 aromatic rings. The van der Waals surface area contributed by atoms with Gasteiger partial charge in [0, 0.05) is 32.1 Å². The van der Waals surface area contributed by atoms with Gasteiger partial charge in [0.25, 0.3) is 0 Å². The number of likely N-dealkylation sites (tertiary alicyclic amines) is 2. The van der Waals surface area contributed by atoms with E-state index in [1.807, 2.05) is 59.5 Å². The third-order valence-corrected chi connectivity index (χ3v) is 6.57. The van der Waals surface area contributed by atoms with Crippen LogP contribution in [0.4, 0.5) is 0 Å². The second kappa shape index (κ2) is 10.5. The van der Waals surface area contributed by atoms with E-state index < -0.39 is 6.04 Å². The number of ether oxygens (including phenoxy) is 1. The highest BCUT2D eigenvalue weighted by atomic mass is 16.5. The number of piperidine rings is 1. The van der Waals surface area contributed by atoms with Gasteiger partial charge in [0.15, 0.2) is 0 Å². The molecule has 3 amide bonds. The summed E-state index contributed by atoms with van der Waals surface area (Å²) in [7, 11) is 1.61. The predicted molar refractivity (Wildman–Crippen MR) is 124 cm³/mol. The van der Waals surface area contributed by atoms with E-state index in [1.165, 1.54) is 0 Å². The molecule has 1 N–H and O–H groups in total. The average Bonchev–Trinajstić information content (AvgIpc) is 3.24. The summed E-state index contributed by atoms with van der Waals surface area (Å²) in [5.41, 5.74) is 1.95. The molecule has 1 unspecified atom stereocenters. The van der Waals surface area contributed by atoms with E-state index in [0.29, 0.717) is 51.7 Å². The minimum Gasteiger partial charge on any atom is -0.497 e. The van der Waals surface area contributed by atoms with E-state index in [-0.39, 0.29) is 23.8 Å². The average molecular weight is 450 g/mol. The van der Waals surface area contributed by atoms with Crippen LogP contribution in [0.1, 0.15) is 36.8 Å². The zero-order chi connectivity index (χ0) is 23.2. The Labute approximate surface area is 194 Å². The summed E-state index contributed by atoms with van der Waals surface area (Å²) < 4.78 is 5.24. The van der Waals surface area contributed by atoms with Crippen molar-refractivity contribution in [2.45, 2.75) is 50.7 Å². The van der Waals surface area contributed by atoms with E-state index in [0.717, 1.165) is 16.9 Å². The molecule has 2 fully saturated rings. The van der Waals surface area contributed by atoms with Crippen LogP contribution in [-0.2, 0) is 27.3 Å². The Morgan fingerprint density at radius 2 is 1.73 bits per heavy atom. The topological polar surface area (TPSA) is 79.0 Å². The summed E-state index contributed by atoms with van der Waals surface area (Å²) in [6.45, 7) is 1.64. The van der Waals surface area contributed by atoms with Crippen molar-refractivity contribution in [3.05, 3.63) is 65.7 Å². The molecule has 0 bridgehead atoms. The summed E-state index contributed by atoms with van der Waals surface area (Å²) in [4.78, 5) is 41.9. The van der Waals surface area contributed by atoms with Crippen molar-refractivity contribution in [1.29, 1.82) is 0 Å². The lowest BCUT2D eigenvalue weighted by Gasteiger charge is -2.39. The van der Waals surface area contributed by atoms with E-state index in [9.17, 15) is 14.4 Å². The number of carbonyl (C=O) groups excluding carboxylic acids is 3. The van der Waals surface area contributed by atoms with Gasteiger partial charge in [0.05, 0.1) is 13.5 Å². The number of hydrogen-bond acceptors (Lipinski definition) is 4. The first kappa shape index (κ1) is 22.8. The number of nitrogens with one attached hydrogen (secondary N) is 1. The van der Waals surface area contributed by atoms with Crippen LogP contribution in [0.2, 0.25) is 0 Å². The van der Waals surface area contributed by atoms with Gasteiger partial charge in [0.2, 0.25) is 17.7 Å². The minimum absolute atomic E-state index is 0.00616. The Kier molecular flexibility index (Phi) is 7.27. The van der Waals surface area contributed by atoms with Gasteiger partial charge in [0.1, 0.15) is 11.8 Å². The lowest BCUT2D eigenvalue weighted by molar-refractivity contribution is -0.140. The highest BCUT2D eigenvalue weighted by molar-refractivity contribution is 5.91. The fourth-order valence-electron chi connectivity index (χ4n) is 4.78. The van der Waals surface area contributed by atoms with Crippen molar-refractivity contribution in [3.8, 4) is 5.75 Å². The maximum Gasteiger partial charge on any atom is 0.243 e. The first-order chi connectivity index (χ1) is 16.0. The second-order valence-corrected chi connectivity index (χ2v) is 8.70. The lowest BCUT2D eigenvalue weighted by Crippen LogP contribution is -2.53. The van der Waals surface area contributed by atoms with E-state index in [2.05, 4.69) is 5.32 Å². The number of benzene rings is 2. The van der Waals surface area contributed by atoms with Crippen LogP contribution in [0.15, 0.2) is 54.6 Å². The largest absolute Gasteiger partial charge is 0.497 e. The van der Waals surface area contributed by atoms with Crippen molar-refractivity contribution < 1.29 is 19.1 Å². The zero-order valence-electron chi connectivity index (χ0n) is 19.0. The van der Waals surface area contributed by atoms with Crippen LogP contribution in [0, 0.1) is 0 Å². The fraction of sp³-hybridized carbons (Fsp3) is 0.423. The Morgan fingerprint density at radius 3 is 2.45 bits per heavy atom. The van der Waals surface area contributed by atoms with E-state index in [4.69, 9.17) is 4.74 Å². The maximum absolute atomic E-state index is 12.9. The fourth-order valence-corrected chi connectivity index (χ4v) is 4.78. The molecule has 0 radical (unpaired) electrons. The summed E-state index contributed by atoms with van der Waals surface area (Å²) in [5, 5.41) is 2.99. The first-order valence-corrected chi connectivity index (χ1v) is 11.6. The second-order valence-electron chi connectivity index (χ2n) is 8.70. The number of nitrogens with zero attached hydrogens (tertiary/aromatic N) is 2. The number of amides is 3. The number of carbonyl (C=O) groups is 3. The molecule has 33 heavy (non-hydrogen) atoms. The number of rotatable bonds is 7. The Morgan fingerprint density at radius 1 is 1.00 bits per heavy atom. The van der Waals surface area contributed by atoms with Crippen LogP contribution in [0.3, 0.4) is 0 Å². The normalized spacial score (nSPS) is 18.9. The molecule has 0 spiro atoms. The zero-order valence-corrected chi connectivity index (χ0v) is 19.0. The van der Waals surface area contributed by atoms with Crippen LogP contribution in [-0.4, -0.2) is 59.8 Å². The predicted octanol–water partition coefficient (Wildman–Crippen LogP) is 2.54. The number of methoxy groups -OCH3 is 1. The molecule has 2 saturated heterocycles. The standard InChI is InChI=1S/C26H31N3O4/c1-33-22-9-5-8-20(16-22)17-25(31)28-14-12-21(13-15-28)29-23(10-11-24(29)30)26(32)27-18-19-6-3-2-4-7-19/h2-9,16,21,23H,10-15,17-18H2,1H3,(H,27,32). The molecular weight excluding hydrogens is 418 g/mol. The van der Waals surface area contributed by atoms with Gasteiger partial charge < -0.3 is 19.9 Å². The highest BCUT2D eigenvalue weighted by Gasteiger charge is 2.41. The van der Waals surface area contributed by atoms with Gasteiger partial charge in [-0.25, -0.2) is 0 Å². The van der Waals surface area contributed by atoms with Gasteiger partial charge in [-0.3, -0.25) is 14.4 Å². The molecule has 7 nitrogen and oxygen atoms in total. The maximum atomic E-state index is 12.9. The molecule has 0 saturated carbocycles. The van der Waals surface area contributed by atoms with Crippen LogP contribution in [0.5, 0.6) is 5.75 Å². The molecule has 1 atom stereocenters. The third-order valence-electron chi connectivity index (χ3n) is 6.57. The van der Waals surface area contributed by atoms with Gasteiger partial charge in [-0.05, 0) is 42.5 Å². The minimum atomic E-state index is -0.426. The van der Waals surface area contributed by atoms with Crippen LogP contribution in [0.25, 0.3) is 0 Å². The SMILES string of the molecule is COc1cccc(CC(=O)N2CCC(N3C(=O)CCC3C(=O)NCc3ccccc3)CC2)c1. The summed E-state index contributed by atoms with van der Waals surface area (Å²) in [5.74, 6) is 0.756. The van der Waals surface area contributed by atoms with Gasteiger partial charge in [-0.15, -0.1) is 0 Å². The summed E-state index contributed by atoms with van der Waals surface area (Å²) in [6, 6.07) is 16.9. The monoisotopic (exact) mass is 449 g/mol. The molecular formula is C26H31N3O4. The molecule has 174 valence electrons. The van der Waals surface area contributed by atoms with Gasteiger partial charge in [-0.2, -0.15) is 0 Å². The molecule has 2 aliphatic rings. The van der Waals surface area contributed by atoms with Crippen LogP contribution >= 0.6 is 0 Å². The van der Waals surface area contributed by atoms with Crippen molar-refractivity contribution in [1.82, 2.24) is 15.1 Å². The van der Waals surface area contributed by atoms with Crippen molar-refractivity contribution in [2.24, 2.45) is 0 Å². The molecule has 0 aliphatic carbocycles. The van der Waals surface area contributed by atoms with Gasteiger partial charge >= 0.3 is 0 Å². The Balaban J connectivity index is 1.31. The quantitative estimate of drug-likeness (QED) is 0.705. The Bertz CT molecular complexity index is 986. The first-order valence-electron chi connectivity index (χ1n) is 11.6. The van der Waals surface area contributed by atoms with Crippen molar-refractivity contribution in [3.63, 3.8) is 0 Å². The lowest BCUT2D eigenvalue weighted by atomic mass is 10.0. The molecule has 2 heterocycles. The van der Waals surface area contributed by atoms with Crippen LogP contribution < -0.4 is 10.1 Å². The molecule has 2 aromatic carbocycles. The van der Waals surface area contributed by atoms with Gasteiger partial charge in [-0.1, -0.05) is 42.5 Å². The van der Waals surface area contributed by atoms with Crippen molar-refractivity contribution in [2.75, 3.05) is 20.2 Å². The Hall–Kier alpha value is -3.35. The van der Waals surface area contributed by atoms with E-state index >= 15 is 0 Å². The molecule has 7 heteroatoms. The van der Waals surface area contributed by atoms with E-state index in [1.54, 1.807) is 12.0 Å². The third kappa shape index (κ3) is 5.53.